The molecule has 0 saturated heterocycles. The van der Waals surface area contributed by atoms with E-state index in [-0.39, 0.29) is 25.6 Å². The van der Waals surface area contributed by atoms with Crippen LogP contribution in [0.25, 0.3) is 0 Å². The number of hydrogen-bond donors (Lipinski definition) is 2. The average Bonchev–Trinajstić information content (AvgIpc) is 2.54. The smallest absolute Gasteiger partial charge is 0.243 e. The molecule has 1 unspecified atom stereocenters. The van der Waals surface area contributed by atoms with Crippen LogP contribution in [-0.2, 0) is 4.79 Å². The largest absolute Gasteiger partial charge is 0.489 e. The van der Waals surface area contributed by atoms with Crippen LogP contribution in [0.1, 0.15) is 0 Å². The summed E-state index contributed by atoms with van der Waals surface area (Å²) in [5.41, 5.74) is 1.61. The molecule has 1 amide bonds. The molecule has 0 radical (unpaired) electrons. The van der Waals surface area contributed by atoms with E-state index in [0.29, 0.717) is 15.8 Å². The quantitative estimate of drug-likeness (QED) is 0.852. The Hall–Kier alpha value is -1.95. The number of aliphatic hydroxyl groups excluding tert-OH is 1. The molecule has 3 rings (SSSR count). The molecule has 1 aliphatic heterocycles. The van der Waals surface area contributed by atoms with Crippen molar-refractivity contribution >= 4 is 40.5 Å². The minimum absolute atomic E-state index is 0.0572. The molecule has 1 atom stereocenters. The van der Waals surface area contributed by atoms with Gasteiger partial charge in [-0.15, -0.1) is 0 Å². The van der Waals surface area contributed by atoms with Gasteiger partial charge >= 0.3 is 0 Å². The van der Waals surface area contributed by atoms with Gasteiger partial charge in [0, 0.05) is 11.6 Å². The summed E-state index contributed by atoms with van der Waals surface area (Å²) in [7, 11) is 0. The number of aliphatic hydroxyl groups is 1. The van der Waals surface area contributed by atoms with Crippen LogP contribution in [0.4, 0.5) is 11.4 Å². The Kier molecular flexibility index (Phi) is 5.14. The summed E-state index contributed by atoms with van der Waals surface area (Å²) < 4.78 is 5.54. The van der Waals surface area contributed by atoms with E-state index >= 15 is 0 Å². The van der Waals surface area contributed by atoms with Crippen LogP contribution in [0.3, 0.4) is 0 Å². The van der Waals surface area contributed by atoms with Gasteiger partial charge in [0.1, 0.15) is 18.5 Å². The first-order chi connectivity index (χ1) is 11.5. The zero-order chi connectivity index (χ0) is 17.1. The monoisotopic (exact) mass is 366 g/mol. The number of nitrogens with one attached hydrogen (secondary N) is 1. The highest BCUT2D eigenvalue weighted by molar-refractivity contribution is 6.35. The fourth-order valence-corrected chi connectivity index (χ4v) is 3.01. The van der Waals surface area contributed by atoms with E-state index in [1.165, 1.54) is 0 Å². The number of amides is 1. The highest BCUT2D eigenvalue weighted by atomic mass is 35.5. The summed E-state index contributed by atoms with van der Waals surface area (Å²) in [6.45, 7) is 0.521. The lowest BCUT2D eigenvalue weighted by Crippen LogP contribution is -2.43. The van der Waals surface area contributed by atoms with Gasteiger partial charge in [-0.25, -0.2) is 0 Å². The number of para-hydroxylation sites is 2. The van der Waals surface area contributed by atoms with Gasteiger partial charge in [0.25, 0.3) is 0 Å². The molecule has 0 fully saturated rings. The first-order valence-corrected chi connectivity index (χ1v) is 8.18. The molecule has 0 aliphatic carbocycles. The Labute approximate surface area is 149 Å². The number of halogens is 2. The van der Waals surface area contributed by atoms with Crippen LogP contribution < -0.4 is 15.0 Å². The van der Waals surface area contributed by atoms with Crippen LogP contribution in [-0.4, -0.2) is 36.8 Å². The molecule has 1 aliphatic rings. The first kappa shape index (κ1) is 16.9. The van der Waals surface area contributed by atoms with Crippen LogP contribution in [0.2, 0.25) is 10.0 Å². The third-order valence-electron chi connectivity index (χ3n) is 3.61. The maximum atomic E-state index is 11.8. The SMILES string of the molecule is O=C1CN(CC(O)COc2ccc(Cl)cc2Cl)c2ccccc2N1. The van der Waals surface area contributed by atoms with Gasteiger partial charge < -0.3 is 20.1 Å². The number of rotatable bonds is 5. The third-order valence-corrected chi connectivity index (χ3v) is 4.14. The Balaban J connectivity index is 1.63. The number of anilines is 2. The lowest BCUT2D eigenvalue weighted by molar-refractivity contribution is -0.115. The first-order valence-electron chi connectivity index (χ1n) is 7.42. The number of ether oxygens (including phenoxy) is 1. The van der Waals surface area contributed by atoms with Crippen LogP contribution in [0, 0.1) is 0 Å². The summed E-state index contributed by atoms with van der Waals surface area (Å²) in [5, 5.41) is 14.0. The molecule has 24 heavy (non-hydrogen) atoms. The summed E-state index contributed by atoms with van der Waals surface area (Å²) in [6.07, 6.45) is -0.782. The Morgan fingerprint density at radius 3 is 2.83 bits per heavy atom. The average molecular weight is 367 g/mol. The van der Waals surface area contributed by atoms with Crippen molar-refractivity contribution in [2.24, 2.45) is 0 Å². The Morgan fingerprint density at radius 2 is 2.04 bits per heavy atom. The number of carbonyl (C=O) groups excluding carboxylic acids is 1. The summed E-state index contributed by atoms with van der Waals surface area (Å²) >= 11 is 11.9. The van der Waals surface area contributed by atoms with Crippen molar-refractivity contribution in [2.45, 2.75) is 6.10 Å². The van der Waals surface area contributed by atoms with E-state index in [0.717, 1.165) is 11.4 Å². The molecule has 5 nitrogen and oxygen atoms in total. The van der Waals surface area contributed by atoms with Crippen LogP contribution in [0.15, 0.2) is 42.5 Å². The van der Waals surface area contributed by atoms with E-state index < -0.39 is 6.10 Å². The van der Waals surface area contributed by atoms with E-state index in [1.54, 1.807) is 18.2 Å². The second-order valence-corrected chi connectivity index (χ2v) is 6.33. The summed E-state index contributed by atoms with van der Waals surface area (Å²) in [5.74, 6) is 0.347. The Morgan fingerprint density at radius 1 is 1.25 bits per heavy atom. The lowest BCUT2D eigenvalue weighted by Gasteiger charge is -2.32. The molecule has 0 aromatic heterocycles. The number of hydrogen-bond acceptors (Lipinski definition) is 4. The lowest BCUT2D eigenvalue weighted by atomic mass is 10.2. The molecule has 126 valence electrons. The maximum Gasteiger partial charge on any atom is 0.243 e. The topological polar surface area (TPSA) is 61.8 Å². The molecule has 2 aromatic rings. The van der Waals surface area contributed by atoms with Gasteiger partial charge in [-0.05, 0) is 30.3 Å². The van der Waals surface area contributed by atoms with Crippen molar-refractivity contribution in [3.8, 4) is 5.75 Å². The standard InChI is InChI=1S/C17H16Cl2N2O3/c18-11-5-6-16(13(19)7-11)24-10-12(22)8-21-9-17(23)20-14-3-1-2-4-15(14)21/h1-7,12,22H,8-10H2,(H,20,23). The summed E-state index contributed by atoms with van der Waals surface area (Å²) in [4.78, 5) is 13.6. The van der Waals surface area contributed by atoms with Gasteiger partial charge in [0.2, 0.25) is 5.91 Å². The molecule has 2 N–H and O–H groups in total. The molecular weight excluding hydrogens is 351 g/mol. The predicted octanol–water partition coefficient (Wildman–Crippen LogP) is 3.19. The highest BCUT2D eigenvalue weighted by Crippen LogP contribution is 2.30. The summed E-state index contributed by atoms with van der Waals surface area (Å²) in [6, 6.07) is 12.4. The maximum absolute atomic E-state index is 11.8. The Bertz CT molecular complexity index is 754. The number of β-amino-alcohol motifs (C(OH)–C–C–N with tert-alkyl or cyclic N) is 1. The molecule has 0 bridgehead atoms. The fraction of sp³-hybridized carbons (Fsp3) is 0.235. The van der Waals surface area contributed by atoms with E-state index in [1.807, 2.05) is 29.2 Å². The highest BCUT2D eigenvalue weighted by Gasteiger charge is 2.23. The molecule has 0 saturated carbocycles. The van der Waals surface area contributed by atoms with Gasteiger partial charge in [0.05, 0.1) is 22.9 Å². The zero-order valence-corrected chi connectivity index (χ0v) is 14.2. The van der Waals surface area contributed by atoms with Crippen LogP contribution >= 0.6 is 23.2 Å². The molecule has 1 heterocycles. The van der Waals surface area contributed by atoms with Crippen molar-refractivity contribution in [1.29, 1.82) is 0 Å². The fourth-order valence-electron chi connectivity index (χ4n) is 2.55. The number of benzene rings is 2. The van der Waals surface area contributed by atoms with Crippen LogP contribution in [0.5, 0.6) is 5.75 Å². The zero-order valence-electron chi connectivity index (χ0n) is 12.7. The number of carbonyl (C=O) groups is 1. The van der Waals surface area contributed by atoms with Crippen molar-refractivity contribution in [3.63, 3.8) is 0 Å². The van der Waals surface area contributed by atoms with E-state index in [4.69, 9.17) is 27.9 Å². The van der Waals surface area contributed by atoms with Gasteiger partial charge in [-0.3, -0.25) is 4.79 Å². The number of nitrogens with zero attached hydrogens (tertiary/aromatic N) is 1. The molecule has 2 aromatic carbocycles. The molecular formula is C17H16Cl2N2O3. The molecule has 0 spiro atoms. The van der Waals surface area contributed by atoms with Gasteiger partial charge in [-0.1, -0.05) is 35.3 Å². The van der Waals surface area contributed by atoms with Crippen molar-refractivity contribution in [2.75, 3.05) is 29.9 Å². The normalized spacial score (nSPS) is 14.8. The minimum Gasteiger partial charge on any atom is -0.489 e. The van der Waals surface area contributed by atoms with Crippen molar-refractivity contribution < 1.29 is 14.6 Å². The van der Waals surface area contributed by atoms with Gasteiger partial charge in [0.15, 0.2) is 0 Å². The predicted molar refractivity (Wildman–Crippen MR) is 95.2 cm³/mol. The van der Waals surface area contributed by atoms with Gasteiger partial charge in [-0.2, -0.15) is 0 Å². The van der Waals surface area contributed by atoms with Crippen molar-refractivity contribution in [3.05, 3.63) is 52.5 Å². The second kappa shape index (κ2) is 7.30. The van der Waals surface area contributed by atoms with Crippen molar-refractivity contribution in [1.82, 2.24) is 0 Å². The van der Waals surface area contributed by atoms with E-state index in [2.05, 4.69) is 5.32 Å². The third kappa shape index (κ3) is 3.93. The van der Waals surface area contributed by atoms with E-state index in [9.17, 15) is 9.90 Å². The molecule has 7 heteroatoms. The second-order valence-electron chi connectivity index (χ2n) is 5.49. The number of fused-ring (bicyclic) bond motifs is 1. The minimum atomic E-state index is -0.782.